The second kappa shape index (κ2) is 9.82. The van der Waals surface area contributed by atoms with Crippen molar-refractivity contribution in [3.63, 3.8) is 0 Å². The van der Waals surface area contributed by atoms with Crippen LogP contribution >= 0.6 is 28.3 Å². The van der Waals surface area contributed by atoms with E-state index >= 15 is 0 Å². The van der Waals surface area contributed by atoms with E-state index in [-0.39, 0.29) is 30.8 Å². The molecule has 4 nitrogen and oxygen atoms in total. The molecular formula is C15H21BrClF3N2O2. The fraction of sp³-hybridized carbons (Fsp3) is 0.600. The van der Waals surface area contributed by atoms with E-state index in [1.54, 1.807) is 0 Å². The van der Waals surface area contributed by atoms with Crippen LogP contribution in [-0.4, -0.2) is 49.2 Å². The van der Waals surface area contributed by atoms with Crippen molar-refractivity contribution in [2.45, 2.75) is 25.2 Å². The Bertz CT molecular complexity index is 514. The van der Waals surface area contributed by atoms with Crippen molar-refractivity contribution >= 4 is 28.3 Å². The molecule has 9 heteroatoms. The number of aliphatic hydroxyl groups excluding tert-OH is 1. The van der Waals surface area contributed by atoms with Gasteiger partial charge in [-0.2, -0.15) is 0 Å². The molecule has 1 fully saturated rings. The van der Waals surface area contributed by atoms with Gasteiger partial charge in [0.05, 0.1) is 0 Å². The van der Waals surface area contributed by atoms with E-state index in [9.17, 15) is 13.2 Å². The number of aliphatic hydroxyl groups is 1. The Morgan fingerprint density at radius 1 is 1.25 bits per heavy atom. The predicted molar refractivity (Wildman–Crippen MR) is 91.6 cm³/mol. The molecular weight excluding hydrogens is 413 g/mol. The van der Waals surface area contributed by atoms with Crippen molar-refractivity contribution in [2.75, 3.05) is 32.8 Å². The third-order valence-electron chi connectivity index (χ3n) is 3.74. The molecule has 0 spiro atoms. The maximum atomic E-state index is 12.5. The van der Waals surface area contributed by atoms with Gasteiger partial charge >= 0.3 is 6.36 Å². The van der Waals surface area contributed by atoms with E-state index in [4.69, 9.17) is 5.11 Å². The van der Waals surface area contributed by atoms with E-state index in [2.05, 4.69) is 30.9 Å². The van der Waals surface area contributed by atoms with Gasteiger partial charge in [0.25, 0.3) is 0 Å². The maximum absolute atomic E-state index is 12.5. The molecule has 2 rings (SSSR count). The Morgan fingerprint density at radius 3 is 2.50 bits per heavy atom. The van der Waals surface area contributed by atoms with Crippen LogP contribution in [0.25, 0.3) is 0 Å². The number of nitrogens with zero attached hydrogens (tertiary/aromatic N) is 1. The SMILES string of the molecule is Cl.OCCC[C@H](c1cc(Br)cc(OC(F)(F)F)c1)N1CCNCC1. The Morgan fingerprint density at radius 2 is 1.92 bits per heavy atom. The van der Waals surface area contributed by atoms with Crippen LogP contribution in [0, 0.1) is 0 Å². The highest BCUT2D eigenvalue weighted by Gasteiger charge is 2.32. The van der Waals surface area contributed by atoms with Crippen molar-refractivity contribution in [1.82, 2.24) is 10.2 Å². The van der Waals surface area contributed by atoms with E-state index in [0.29, 0.717) is 17.3 Å². The van der Waals surface area contributed by atoms with E-state index < -0.39 is 6.36 Å². The molecule has 0 amide bonds. The molecule has 1 heterocycles. The fourth-order valence-electron chi connectivity index (χ4n) is 2.81. The summed E-state index contributed by atoms with van der Waals surface area (Å²) in [5, 5.41) is 12.4. The molecule has 138 valence electrons. The molecule has 0 aliphatic carbocycles. The molecule has 1 saturated heterocycles. The summed E-state index contributed by atoms with van der Waals surface area (Å²) < 4.78 is 42.0. The van der Waals surface area contributed by atoms with Crippen molar-refractivity contribution in [1.29, 1.82) is 0 Å². The van der Waals surface area contributed by atoms with Crippen LogP contribution in [-0.2, 0) is 0 Å². The summed E-state index contributed by atoms with van der Waals surface area (Å²) in [4.78, 5) is 2.23. The third-order valence-corrected chi connectivity index (χ3v) is 4.20. The normalized spacial score (nSPS) is 17.2. The second-order valence-electron chi connectivity index (χ2n) is 5.44. The smallest absolute Gasteiger partial charge is 0.406 e. The van der Waals surface area contributed by atoms with Crippen LogP contribution in [0.3, 0.4) is 0 Å². The van der Waals surface area contributed by atoms with Gasteiger partial charge in [-0.25, -0.2) is 0 Å². The summed E-state index contributed by atoms with van der Waals surface area (Å²) in [6.45, 7) is 3.38. The zero-order valence-electron chi connectivity index (χ0n) is 13.0. The van der Waals surface area contributed by atoms with Crippen LogP contribution in [0.4, 0.5) is 13.2 Å². The van der Waals surface area contributed by atoms with Crippen LogP contribution in [0.2, 0.25) is 0 Å². The first kappa shape index (κ1) is 21.5. The van der Waals surface area contributed by atoms with Crippen molar-refractivity contribution in [2.24, 2.45) is 0 Å². The number of hydrogen-bond donors (Lipinski definition) is 2. The van der Waals surface area contributed by atoms with Gasteiger partial charge in [-0.1, -0.05) is 15.9 Å². The molecule has 0 unspecified atom stereocenters. The average Bonchev–Trinajstić information content (AvgIpc) is 2.46. The molecule has 24 heavy (non-hydrogen) atoms. The summed E-state index contributed by atoms with van der Waals surface area (Å²) in [7, 11) is 0. The minimum atomic E-state index is -4.71. The Labute approximate surface area is 153 Å². The number of halogens is 5. The van der Waals surface area contributed by atoms with Crippen LogP contribution in [0.1, 0.15) is 24.4 Å². The molecule has 0 saturated carbocycles. The molecule has 0 radical (unpaired) electrons. The predicted octanol–water partition coefficient (Wildman–Crippen LogP) is 3.49. The maximum Gasteiger partial charge on any atom is 0.573 e. The lowest BCUT2D eigenvalue weighted by Gasteiger charge is -2.35. The minimum absolute atomic E-state index is 0. The van der Waals surface area contributed by atoms with Crippen molar-refractivity contribution in [3.05, 3.63) is 28.2 Å². The molecule has 1 aromatic carbocycles. The monoisotopic (exact) mass is 432 g/mol. The number of nitrogens with one attached hydrogen (secondary N) is 1. The van der Waals surface area contributed by atoms with Gasteiger partial charge in [-0.3, -0.25) is 4.90 Å². The molecule has 1 atom stereocenters. The topological polar surface area (TPSA) is 44.7 Å². The molecule has 2 N–H and O–H groups in total. The lowest BCUT2D eigenvalue weighted by molar-refractivity contribution is -0.274. The number of alkyl halides is 3. The van der Waals surface area contributed by atoms with Gasteiger partial charge in [-0.05, 0) is 36.6 Å². The van der Waals surface area contributed by atoms with Crippen LogP contribution in [0.15, 0.2) is 22.7 Å². The van der Waals surface area contributed by atoms with Gasteiger partial charge < -0.3 is 15.2 Å². The van der Waals surface area contributed by atoms with Crippen LogP contribution < -0.4 is 10.1 Å². The summed E-state index contributed by atoms with van der Waals surface area (Å²) >= 11 is 3.25. The molecule has 1 aliphatic rings. The van der Waals surface area contributed by atoms with Gasteiger partial charge in [0.15, 0.2) is 0 Å². The number of piperazine rings is 1. The van der Waals surface area contributed by atoms with E-state index in [1.165, 1.54) is 12.1 Å². The first-order chi connectivity index (χ1) is 10.9. The largest absolute Gasteiger partial charge is 0.573 e. The zero-order valence-corrected chi connectivity index (χ0v) is 15.4. The lowest BCUT2D eigenvalue weighted by Crippen LogP contribution is -2.45. The molecule has 0 bridgehead atoms. The van der Waals surface area contributed by atoms with Gasteiger partial charge in [-0.15, -0.1) is 25.6 Å². The van der Waals surface area contributed by atoms with E-state index in [1.807, 2.05) is 6.07 Å². The first-order valence-electron chi connectivity index (χ1n) is 7.51. The quantitative estimate of drug-likeness (QED) is 0.721. The molecule has 1 aromatic rings. The highest BCUT2D eigenvalue weighted by atomic mass is 79.9. The summed E-state index contributed by atoms with van der Waals surface area (Å²) in [6.07, 6.45) is -3.44. The van der Waals surface area contributed by atoms with Crippen LogP contribution in [0.5, 0.6) is 5.75 Å². The highest BCUT2D eigenvalue weighted by molar-refractivity contribution is 9.10. The van der Waals surface area contributed by atoms with Gasteiger partial charge in [0.1, 0.15) is 5.75 Å². The number of rotatable bonds is 6. The van der Waals surface area contributed by atoms with Crippen molar-refractivity contribution < 1.29 is 23.0 Å². The van der Waals surface area contributed by atoms with Crippen molar-refractivity contribution in [3.8, 4) is 5.75 Å². The minimum Gasteiger partial charge on any atom is -0.406 e. The number of ether oxygens (including phenoxy) is 1. The first-order valence-corrected chi connectivity index (χ1v) is 8.30. The summed E-state index contributed by atoms with van der Waals surface area (Å²) in [5.41, 5.74) is 0.758. The van der Waals surface area contributed by atoms with Gasteiger partial charge in [0.2, 0.25) is 0 Å². The molecule has 0 aromatic heterocycles. The molecule has 1 aliphatic heterocycles. The lowest BCUT2D eigenvalue weighted by atomic mass is 9.99. The number of benzene rings is 1. The Balaban J connectivity index is 0.00000288. The van der Waals surface area contributed by atoms with Gasteiger partial charge in [0, 0.05) is 43.3 Å². The number of hydrogen-bond acceptors (Lipinski definition) is 4. The summed E-state index contributed by atoms with van der Waals surface area (Å²) in [6, 6.07) is 4.50. The average molecular weight is 434 g/mol. The fourth-order valence-corrected chi connectivity index (χ4v) is 3.30. The highest BCUT2D eigenvalue weighted by Crippen LogP contribution is 2.33. The standard InChI is InChI=1S/C15H20BrF3N2O2.ClH/c16-12-8-11(9-13(10-12)23-15(17,18)19)14(2-1-7-22)21-5-3-20-4-6-21;/h8-10,14,20,22H,1-7H2;1H/t14-;/m1./s1. The third kappa shape index (κ3) is 6.76. The second-order valence-corrected chi connectivity index (χ2v) is 6.35. The van der Waals surface area contributed by atoms with E-state index in [0.717, 1.165) is 31.7 Å². The zero-order chi connectivity index (χ0) is 16.9. The Kier molecular flexibility index (Phi) is 8.80. The Hall–Kier alpha value is -0.540. The summed E-state index contributed by atoms with van der Waals surface area (Å²) in [5.74, 6) is -0.231.